The Bertz CT molecular complexity index is 509. The van der Waals surface area contributed by atoms with E-state index >= 15 is 0 Å². The number of nitrogens with zero attached hydrogens (tertiary/aromatic N) is 1. The van der Waals surface area contributed by atoms with Crippen LogP contribution in [0.15, 0.2) is 48.8 Å². The number of carbonyl (C=O) groups is 1. The maximum Gasteiger partial charge on any atom is 0.340 e. The molecule has 0 aliphatic rings. The largest absolute Gasteiger partial charge is 0.457 e. The molecule has 86 valence electrons. The lowest BCUT2D eigenvalue weighted by Crippen LogP contribution is -2.06. The number of aromatic nitrogens is 1. The number of hydrogen-bond acceptors (Lipinski definition) is 3. The maximum atomic E-state index is 11.7. The van der Waals surface area contributed by atoms with Crippen LogP contribution in [0.1, 0.15) is 21.5 Å². The van der Waals surface area contributed by atoms with Crippen LogP contribution in [0.25, 0.3) is 0 Å². The van der Waals surface area contributed by atoms with Gasteiger partial charge in [0, 0.05) is 12.4 Å². The minimum atomic E-state index is -0.346. The molecule has 1 aromatic carbocycles. The lowest BCUT2D eigenvalue weighted by Gasteiger charge is -2.06. The Labute approximate surface area is 100 Å². The van der Waals surface area contributed by atoms with Gasteiger partial charge in [-0.15, -0.1) is 0 Å². The van der Waals surface area contributed by atoms with Crippen molar-refractivity contribution in [2.75, 3.05) is 0 Å². The highest BCUT2D eigenvalue weighted by molar-refractivity contribution is 5.88. The molecule has 1 heterocycles. The van der Waals surface area contributed by atoms with E-state index in [1.54, 1.807) is 18.3 Å². The number of ether oxygens (including phenoxy) is 1. The highest BCUT2D eigenvalue weighted by atomic mass is 16.5. The summed E-state index contributed by atoms with van der Waals surface area (Å²) in [5.41, 5.74) is 2.61. The van der Waals surface area contributed by atoms with E-state index in [4.69, 9.17) is 4.74 Å². The van der Waals surface area contributed by atoms with Gasteiger partial charge in [0.2, 0.25) is 0 Å². The molecule has 1 aromatic heterocycles. The number of rotatable bonds is 3. The summed E-state index contributed by atoms with van der Waals surface area (Å²) < 4.78 is 5.22. The van der Waals surface area contributed by atoms with Crippen molar-refractivity contribution < 1.29 is 9.53 Å². The minimum Gasteiger partial charge on any atom is -0.457 e. The van der Waals surface area contributed by atoms with Crippen LogP contribution in [-0.2, 0) is 11.3 Å². The Morgan fingerprint density at radius 3 is 2.76 bits per heavy atom. The van der Waals surface area contributed by atoms with Gasteiger partial charge in [-0.25, -0.2) is 4.79 Å². The second kappa shape index (κ2) is 5.25. The van der Waals surface area contributed by atoms with Gasteiger partial charge in [-0.3, -0.25) is 4.98 Å². The summed E-state index contributed by atoms with van der Waals surface area (Å²) in [6.45, 7) is 2.29. The second-order valence-electron chi connectivity index (χ2n) is 3.74. The predicted molar refractivity (Wildman–Crippen MR) is 64.5 cm³/mol. The van der Waals surface area contributed by atoms with Crippen molar-refractivity contribution in [3.63, 3.8) is 0 Å². The first kappa shape index (κ1) is 11.3. The van der Waals surface area contributed by atoms with E-state index in [2.05, 4.69) is 4.98 Å². The first-order valence-corrected chi connectivity index (χ1v) is 5.39. The first-order chi connectivity index (χ1) is 8.27. The van der Waals surface area contributed by atoms with E-state index in [9.17, 15) is 4.79 Å². The molecule has 0 atom stereocenters. The van der Waals surface area contributed by atoms with Crippen molar-refractivity contribution in [1.82, 2.24) is 4.98 Å². The summed E-state index contributed by atoms with van der Waals surface area (Å²) in [5.74, 6) is -0.346. The van der Waals surface area contributed by atoms with E-state index in [0.29, 0.717) is 12.2 Å². The van der Waals surface area contributed by atoms with Crippen molar-refractivity contribution in [2.45, 2.75) is 13.5 Å². The van der Waals surface area contributed by atoms with E-state index < -0.39 is 0 Å². The zero-order valence-electron chi connectivity index (χ0n) is 9.59. The monoisotopic (exact) mass is 227 g/mol. The molecule has 0 saturated carbocycles. The average molecular weight is 227 g/mol. The first-order valence-electron chi connectivity index (χ1n) is 5.39. The molecule has 3 nitrogen and oxygen atoms in total. The number of benzene rings is 1. The third-order valence-corrected chi connectivity index (χ3v) is 2.52. The van der Waals surface area contributed by atoms with Crippen LogP contribution in [0.4, 0.5) is 0 Å². The van der Waals surface area contributed by atoms with Crippen LogP contribution in [-0.4, -0.2) is 11.0 Å². The molecular weight excluding hydrogens is 214 g/mol. The quantitative estimate of drug-likeness (QED) is 0.757. The van der Waals surface area contributed by atoms with Gasteiger partial charge in [-0.2, -0.15) is 0 Å². The summed E-state index contributed by atoms with van der Waals surface area (Å²) in [6.07, 6.45) is 3.12. The van der Waals surface area contributed by atoms with Gasteiger partial charge in [0.1, 0.15) is 6.61 Å². The maximum absolute atomic E-state index is 11.7. The SMILES string of the molecule is Cc1ccccc1COC(=O)c1cccnc1. The molecule has 3 heteroatoms. The summed E-state index contributed by atoms with van der Waals surface area (Å²) in [7, 11) is 0. The molecule has 17 heavy (non-hydrogen) atoms. The average Bonchev–Trinajstić information content (AvgIpc) is 2.38. The van der Waals surface area contributed by atoms with Gasteiger partial charge in [0.25, 0.3) is 0 Å². The third kappa shape index (κ3) is 2.91. The number of hydrogen-bond donors (Lipinski definition) is 0. The van der Waals surface area contributed by atoms with Gasteiger partial charge in [-0.1, -0.05) is 24.3 Å². The number of pyridine rings is 1. The van der Waals surface area contributed by atoms with Crippen molar-refractivity contribution >= 4 is 5.97 Å². The molecule has 0 fully saturated rings. The lowest BCUT2D eigenvalue weighted by atomic mass is 10.1. The van der Waals surface area contributed by atoms with Crippen LogP contribution in [0.5, 0.6) is 0 Å². The summed E-state index contributed by atoms with van der Waals surface area (Å²) >= 11 is 0. The molecule has 0 aliphatic heterocycles. The molecule has 0 radical (unpaired) electrons. The minimum absolute atomic E-state index is 0.292. The predicted octanol–water partition coefficient (Wildman–Crippen LogP) is 2.75. The number of esters is 1. The van der Waals surface area contributed by atoms with Crippen molar-refractivity contribution in [3.05, 3.63) is 65.5 Å². The van der Waals surface area contributed by atoms with E-state index in [1.165, 1.54) is 6.20 Å². The molecule has 0 saturated heterocycles. The van der Waals surface area contributed by atoms with Gasteiger partial charge in [0.05, 0.1) is 5.56 Å². The molecule has 2 rings (SSSR count). The highest BCUT2D eigenvalue weighted by Gasteiger charge is 2.07. The molecule has 0 amide bonds. The van der Waals surface area contributed by atoms with Crippen LogP contribution in [0.3, 0.4) is 0 Å². The van der Waals surface area contributed by atoms with E-state index in [1.807, 2.05) is 31.2 Å². The fourth-order valence-electron chi connectivity index (χ4n) is 1.48. The normalized spacial score (nSPS) is 9.94. The summed E-state index contributed by atoms with van der Waals surface area (Å²) in [5, 5.41) is 0. The molecule has 0 bridgehead atoms. The van der Waals surface area contributed by atoms with Crippen LogP contribution >= 0.6 is 0 Å². The standard InChI is InChI=1S/C14H13NO2/c1-11-5-2-3-6-13(11)10-17-14(16)12-7-4-8-15-9-12/h2-9H,10H2,1H3. The van der Waals surface area contributed by atoms with Crippen molar-refractivity contribution in [1.29, 1.82) is 0 Å². The number of aryl methyl sites for hydroxylation is 1. The Balaban J connectivity index is 2.00. The van der Waals surface area contributed by atoms with Gasteiger partial charge < -0.3 is 4.74 Å². The Hall–Kier alpha value is -2.16. The molecule has 0 unspecified atom stereocenters. The third-order valence-electron chi connectivity index (χ3n) is 2.52. The van der Waals surface area contributed by atoms with Gasteiger partial charge in [0.15, 0.2) is 0 Å². The smallest absolute Gasteiger partial charge is 0.340 e. The van der Waals surface area contributed by atoms with Gasteiger partial charge >= 0.3 is 5.97 Å². The van der Waals surface area contributed by atoms with Gasteiger partial charge in [-0.05, 0) is 30.2 Å². The lowest BCUT2D eigenvalue weighted by molar-refractivity contribution is 0.0471. The molecule has 0 N–H and O–H groups in total. The van der Waals surface area contributed by atoms with Crippen LogP contribution in [0, 0.1) is 6.92 Å². The molecule has 2 aromatic rings. The van der Waals surface area contributed by atoms with Crippen molar-refractivity contribution in [2.24, 2.45) is 0 Å². The summed E-state index contributed by atoms with van der Waals surface area (Å²) in [4.78, 5) is 15.5. The Morgan fingerprint density at radius 2 is 2.06 bits per heavy atom. The Kier molecular flexibility index (Phi) is 3.50. The summed E-state index contributed by atoms with van der Waals surface area (Å²) in [6, 6.07) is 11.2. The second-order valence-corrected chi connectivity index (χ2v) is 3.74. The van der Waals surface area contributed by atoms with E-state index in [0.717, 1.165) is 11.1 Å². The topological polar surface area (TPSA) is 39.2 Å². The van der Waals surface area contributed by atoms with E-state index in [-0.39, 0.29) is 5.97 Å². The Morgan fingerprint density at radius 1 is 1.24 bits per heavy atom. The fourth-order valence-corrected chi connectivity index (χ4v) is 1.48. The molecule has 0 aliphatic carbocycles. The van der Waals surface area contributed by atoms with Crippen LogP contribution < -0.4 is 0 Å². The van der Waals surface area contributed by atoms with Crippen molar-refractivity contribution in [3.8, 4) is 0 Å². The number of carbonyl (C=O) groups excluding carboxylic acids is 1. The molecule has 0 spiro atoms. The molecular formula is C14H13NO2. The zero-order valence-corrected chi connectivity index (χ0v) is 9.59. The highest BCUT2D eigenvalue weighted by Crippen LogP contribution is 2.09. The van der Waals surface area contributed by atoms with Crippen LogP contribution in [0.2, 0.25) is 0 Å². The zero-order chi connectivity index (χ0) is 12.1. The fraction of sp³-hybridized carbons (Fsp3) is 0.143.